The number of aromatic nitrogens is 1. The van der Waals surface area contributed by atoms with Gasteiger partial charge >= 0.3 is 5.97 Å². The molecule has 0 bridgehead atoms. The number of rotatable bonds is 8. The smallest absolute Gasteiger partial charge is 0.335 e. The second-order valence-electron chi connectivity index (χ2n) is 8.58. The van der Waals surface area contributed by atoms with Gasteiger partial charge in [-0.1, -0.05) is 90.4 Å². The molecule has 4 rings (SSSR count). The molecule has 2 N–H and O–H groups in total. The molecule has 0 saturated heterocycles. The van der Waals surface area contributed by atoms with E-state index < -0.39 is 11.2 Å². The lowest BCUT2D eigenvalue weighted by Crippen LogP contribution is -2.25. The first kappa shape index (κ1) is 26.9. The highest BCUT2D eigenvalue weighted by molar-refractivity contribution is 8.00. The third-order valence-electron chi connectivity index (χ3n) is 5.92. The van der Waals surface area contributed by atoms with E-state index in [1.807, 2.05) is 74.5 Å². The van der Waals surface area contributed by atoms with Gasteiger partial charge < -0.3 is 10.4 Å². The van der Waals surface area contributed by atoms with Crippen molar-refractivity contribution in [3.8, 4) is 28.5 Å². The minimum atomic E-state index is -1.12. The number of amides is 1. The number of pyridine rings is 1. The Bertz CT molecular complexity index is 1530. The monoisotopic (exact) mass is 541 g/mol. The summed E-state index contributed by atoms with van der Waals surface area (Å²) in [4.78, 5) is 29.5. The van der Waals surface area contributed by atoms with Gasteiger partial charge in [0.05, 0.1) is 32.8 Å². The predicted molar refractivity (Wildman–Crippen MR) is 152 cm³/mol. The maximum atomic E-state index is 13.3. The van der Waals surface area contributed by atoms with E-state index in [-0.39, 0.29) is 22.2 Å². The largest absolute Gasteiger partial charge is 0.478 e. The van der Waals surface area contributed by atoms with Crippen molar-refractivity contribution in [2.24, 2.45) is 0 Å². The van der Waals surface area contributed by atoms with Gasteiger partial charge in [-0.3, -0.25) is 4.79 Å². The van der Waals surface area contributed by atoms with Crippen LogP contribution in [-0.4, -0.2) is 27.2 Å². The second kappa shape index (κ2) is 12.0. The summed E-state index contributed by atoms with van der Waals surface area (Å²) in [5.41, 5.74) is 4.90. The van der Waals surface area contributed by atoms with Crippen LogP contribution in [0.1, 0.15) is 34.8 Å². The summed E-state index contributed by atoms with van der Waals surface area (Å²) < 4.78 is 0. The number of hydrogen-bond donors (Lipinski definition) is 2. The van der Waals surface area contributed by atoms with Crippen molar-refractivity contribution in [1.82, 2.24) is 4.98 Å². The number of benzene rings is 3. The Balaban J connectivity index is 1.74. The Kier molecular flexibility index (Phi) is 8.47. The third kappa shape index (κ3) is 6.05. The molecule has 1 aromatic heterocycles. The molecule has 6 nitrogen and oxygen atoms in total. The van der Waals surface area contributed by atoms with E-state index in [0.717, 1.165) is 22.3 Å². The summed E-state index contributed by atoms with van der Waals surface area (Å²) in [6, 6.07) is 25.9. The van der Waals surface area contributed by atoms with Crippen LogP contribution in [0, 0.1) is 18.3 Å². The van der Waals surface area contributed by atoms with E-state index >= 15 is 0 Å². The summed E-state index contributed by atoms with van der Waals surface area (Å²) in [5.74, 6) is -1.49. The standard InChI is InChI=1S/C30H24ClN3O3S/c1-3-27(28(35)33-26-15-21(30(36)37)13-14-24(26)31)38-29-23(17-32)22(19-11-9-18(2)10-12-19)16-25(34-29)20-7-5-4-6-8-20/h4-16,27H,3H2,1-2H3,(H,33,35)(H,36,37). The minimum Gasteiger partial charge on any atom is -0.478 e. The van der Waals surface area contributed by atoms with Crippen molar-refractivity contribution in [2.45, 2.75) is 30.5 Å². The lowest BCUT2D eigenvalue weighted by Gasteiger charge is -2.18. The quantitative estimate of drug-likeness (QED) is 0.224. The van der Waals surface area contributed by atoms with Crippen LogP contribution >= 0.6 is 23.4 Å². The molecule has 0 aliphatic carbocycles. The zero-order chi connectivity index (χ0) is 27.2. The average Bonchev–Trinajstić information content (AvgIpc) is 2.93. The number of carbonyl (C=O) groups excluding carboxylic acids is 1. The number of anilines is 1. The number of aromatic carboxylic acids is 1. The summed E-state index contributed by atoms with van der Waals surface area (Å²) in [6.07, 6.45) is 0.439. The van der Waals surface area contributed by atoms with E-state index in [2.05, 4.69) is 11.4 Å². The molecular weight excluding hydrogens is 518 g/mol. The first-order chi connectivity index (χ1) is 18.3. The number of carboxylic acids is 1. The fourth-order valence-corrected chi connectivity index (χ4v) is 5.05. The Morgan fingerprint density at radius 1 is 1.05 bits per heavy atom. The molecule has 1 heterocycles. The maximum absolute atomic E-state index is 13.3. The fourth-order valence-electron chi connectivity index (χ4n) is 3.86. The number of nitriles is 1. The van der Waals surface area contributed by atoms with E-state index in [0.29, 0.717) is 22.7 Å². The van der Waals surface area contributed by atoms with Crippen LogP contribution in [0.25, 0.3) is 22.4 Å². The molecule has 1 amide bonds. The van der Waals surface area contributed by atoms with Gasteiger partial charge in [0.1, 0.15) is 11.1 Å². The number of halogens is 1. The lowest BCUT2D eigenvalue weighted by molar-refractivity contribution is -0.115. The van der Waals surface area contributed by atoms with Crippen LogP contribution in [0.5, 0.6) is 0 Å². The first-order valence-corrected chi connectivity index (χ1v) is 13.1. The molecule has 190 valence electrons. The molecule has 1 unspecified atom stereocenters. The SMILES string of the molecule is CCC(Sc1nc(-c2ccccc2)cc(-c2ccc(C)cc2)c1C#N)C(=O)Nc1cc(C(=O)O)ccc1Cl. The van der Waals surface area contributed by atoms with E-state index in [1.54, 1.807) is 0 Å². The van der Waals surface area contributed by atoms with Crippen LogP contribution in [-0.2, 0) is 4.79 Å². The van der Waals surface area contributed by atoms with Gasteiger partial charge in [-0.2, -0.15) is 5.26 Å². The summed E-state index contributed by atoms with van der Waals surface area (Å²) in [7, 11) is 0. The Hall–Kier alpha value is -4.12. The van der Waals surface area contributed by atoms with Crippen molar-refractivity contribution >= 4 is 40.9 Å². The lowest BCUT2D eigenvalue weighted by atomic mass is 9.98. The topological polar surface area (TPSA) is 103 Å². The van der Waals surface area contributed by atoms with Crippen molar-refractivity contribution < 1.29 is 14.7 Å². The highest BCUT2D eigenvalue weighted by Gasteiger charge is 2.24. The number of carboxylic acid groups (broad SMARTS) is 1. The van der Waals surface area contributed by atoms with E-state index in [4.69, 9.17) is 16.6 Å². The van der Waals surface area contributed by atoms with Crippen LogP contribution in [0.3, 0.4) is 0 Å². The second-order valence-corrected chi connectivity index (χ2v) is 10.2. The van der Waals surface area contributed by atoms with Gasteiger partial charge in [0, 0.05) is 11.1 Å². The Labute approximate surface area is 230 Å². The number of carbonyl (C=O) groups is 2. The highest BCUT2D eigenvalue weighted by atomic mass is 35.5. The predicted octanol–water partition coefficient (Wildman–Crippen LogP) is 7.46. The molecular formula is C30H24ClN3O3S. The molecule has 0 spiro atoms. The maximum Gasteiger partial charge on any atom is 0.335 e. The molecule has 0 aliphatic rings. The van der Waals surface area contributed by atoms with E-state index in [9.17, 15) is 20.0 Å². The van der Waals surface area contributed by atoms with Gasteiger partial charge in [0.15, 0.2) is 0 Å². The van der Waals surface area contributed by atoms with Crippen LogP contribution < -0.4 is 5.32 Å². The van der Waals surface area contributed by atoms with Crippen molar-refractivity contribution in [1.29, 1.82) is 5.26 Å². The number of nitrogens with one attached hydrogen (secondary N) is 1. The summed E-state index contributed by atoms with van der Waals surface area (Å²) in [6.45, 7) is 3.86. The third-order valence-corrected chi connectivity index (χ3v) is 7.60. The van der Waals surface area contributed by atoms with Gasteiger partial charge in [0.25, 0.3) is 0 Å². The minimum absolute atomic E-state index is 0.0112. The highest BCUT2D eigenvalue weighted by Crippen LogP contribution is 2.37. The van der Waals surface area contributed by atoms with Gasteiger partial charge in [-0.15, -0.1) is 0 Å². The molecule has 1 atom stereocenters. The molecule has 38 heavy (non-hydrogen) atoms. The normalized spacial score (nSPS) is 11.4. The molecule has 8 heteroatoms. The van der Waals surface area contributed by atoms with Crippen LogP contribution in [0.4, 0.5) is 5.69 Å². The summed E-state index contributed by atoms with van der Waals surface area (Å²) in [5, 5.41) is 22.3. The molecule has 0 fully saturated rings. The first-order valence-electron chi connectivity index (χ1n) is 11.9. The van der Waals surface area contributed by atoms with Crippen molar-refractivity contribution in [3.05, 3.63) is 101 Å². The zero-order valence-electron chi connectivity index (χ0n) is 20.7. The molecule has 4 aromatic rings. The average molecular weight is 542 g/mol. The van der Waals surface area contributed by atoms with Gasteiger partial charge in [-0.25, -0.2) is 9.78 Å². The summed E-state index contributed by atoms with van der Waals surface area (Å²) >= 11 is 7.42. The van der Waals surface area contributed by atoms with Gasteiger partial charge in [-0.05, 0) is 43.2 Å². The number of aryl methyl sites for hydroxylation is 1. The number of thioether (sulfide) groups is 1. The van der Waals surface area contributed by atoms with E-state index in [1.165, 1.54) is 30.0 Å². The number of nitrogens with zero attached hydrogens (tertiary/aromatic N) is 2. The van der Waals surface area contributed by atoms with Gasteiger partial charge in [0.2, 0.25) is 5.91 Å². The zero-order valence-corrected chi connectivity index (χ0v) is 22.3. The van der Waals surface area contributed by atoms with Crippen LogP contribution in [0.15, 0.2) is 83.9 Å². The van der Waals surface area contributed by atoms with Crippen LogP contribution in [0.2, 0.25) is 5.02 Å². The van der Waals surface area contributed by atoms with Crippen molar-refractivity contribution in [3.63, 3.8) is 0 Å². The molecule has 0 aliphatic heterocycles. The molecule has 0 radical (unpaired) electrons. The Morgan fingerprint density at radius 3 is 2.39 bits per heavy atom. The Morgan fingerprint density at radius 2 is 1.76 bits per heavy atom. The fraction of sp³-hybridized carbons (Fsp3) is 0.133. The molecule has 0 saturated carbocycles. The van der Waals surface area contributed by atoms with Crippen molar-refractivity contribution in [2.75, 3.05) is 5.32 Å². The molecule has 3 aromatic carbocycles. The number of hydrogen-bond acceptors (Lipinski definition) is 5.